The van der Waals surface area contributed by atoms with Crippen molar-refractivity contribution in [3.63, 3.8) is 0 Å². The number of nitrogens with one attached hydrogen (secondary N) is 1. The van der Waals surface area contributed by atoms with Gasteiger partial charge in [-0.15, -0.1) is 0 Å². The van der Waals surface area contributed by atoms with Gasteiger partial charge in [0.05, 0.1) is 0 Å². The van der Waals surface area contributed by atoms with E-state index in [9.17, 15) is 0 Å². The molecule has 0 radical (unpaired) electrons. The van der Waals surface area contributed by atoms with E-state index in [1.807, 2.05) is 0 Å². The van der Waals surface area contributed by atoms with Crippen LogP contribution in [-0.2, 0) is 6.42 Å². The zero-order chi connectivity index (χ0) is 13.1. The van der Waals surface area contributed by atoms with Crippen molar-refractivity contribution in [1.29, 1.82) is 0 Å². The van der Waals surface area contributed by atoms with Gasteiger partial charge in [-0.05, 0) is 55.2 Å². The molecule has 2 unspecified atom stereocenters. The quantitative estimate of drug-likeness (QED) is 0.830. The fourth-order valence-corrected chi connectivity index (χ4v) is 4.12. The molecule has 0 saturated heterocycles. The molecule has 1 heteroatoms. The maximum atomic E-state index is 3.78. The van der Waals surface area contributed by atoms with Gasteiger partial charge in [0.25, 0.3) is 0 Å². The maximum Gasteiger partial charge on any atom is 0.0101 e. The molecule has 1 aromatic rings. The summed E-state index contributed by atoms with van der Waals surface area (Å²) in [4.78, 5) is 0. The van der Waals surface area contributed by atoms with Crippen LogP contribution in [0.3, 0.4) is 0 Å². The summed E-state index contributed by atoms with van der Waals surface area (Å²) in [6, 6.07) is 9.78. The molecule has 2 atom stereocenters. The van der Waals surface area contributed by atoms with E-state index in [1.165, 1.54) is 44.9 Å². The maximum absolute atomic E-state index is 3.78. The van der Waals surface area contributed by atoms with Gasteiger partial charge in [-0.1, -0.05) is 50.5 Å². The molecular weight excluding hydrogens is 230 g/mol. The van der Waals surface area contributed by atoms with E-state index in [1.54, 1.807) is 11.1 Å². The van der Waals surface area contributed by atoms with E-state index in [0.29, 0.717) is 0 Å². The first kappa shape index (κ1) is 13.2. The van der Waals surface area contributed by atoms with Gasteiger partial charge in [0.2, 0.25) is 0 Å². The number of hydrogen-bond acceptors (Lipinski definition) is 1. The highest BCUT2D eigenvalue weighted by Gasteiger charge is 2.31. The summed E-state index contributed by atoms with van der Waals surface area (Å²) in [6.45, 7) is 3.38. The Kier molecular flexibility index (Phi) is 4.22. The third kappa shape index (κ3) is 2.86. The molecule has 0 amide bonds. The summed E-state index contributed by atoms with van der Waals surface area (Å²) >= 11 is 0. The van der Waals surface area contributed by atoms with Crippen LogP contribution in [0, 0.1) is 5.92 Å². The lowest BCUT2D eigenvalue weighted by atomic mass is 9.71. The Hall–Kier alpha value is -0.820. The Balaban J connectivity index is 1.62. The second kappa shape index (κ2) is 6.09. The minimum absolute atomic E-state index is 0.753. The predicted molar refractivity (Wildman–Crippen MR) is 81.5 cm³/mol. The minimum atomic E-state index is 0.753. The molecule has 19 heavy (non-hydrogen) atoms. The van der Waals surface area contributed by atoms with Crippen molar-refractivity contribution >= 4 is 0 Å². The van der Waals surface area contributed by atoms with Crippen LogP contribution in [0.4, 0.5) is 0 Å². The van der Waals surface area contributed by atoms with Gasteiger partial charge in [-0.2, -0.15) is 0 Å². The van der Waals surface area contributed by atoms with Crippen molar-refractivity contribution in [3.8, 4) is 0 Å². The Morgan fingerprint density at radius 2 is 1.95 bits per heavy atom. The molecule has 3 rings (SSSR count). The first-order valence-electron chi connectivity index (χ1n) is 8.19. The fourth-order valence-electron chi connectivity index (χ4n) is 4.12. The van der Waals surface area contributed by atoms with Crippen LogP contribution in [0.2, 0.25) is 0 Å². The third-order valence-electron chi connectivity index (χ3n) is 5.18. The zero-order valence-electron chi connectivity index (χ0n) is 12.2. The summed E-state index contributed by atoms with van der Waals surface area (Å²) in [5.74, 6) is 1.75. The molecule has 1 aromatic carbocycles. The monoisotopic (exact) mass is 257 g/mol. The van der Waals surface area contributed by atoms with Gasteiger partial charge >= 0.3 is 0 Å². The topological polar surface area (TPSA) is 12.0 Å². The van der Waals surface area contributed by atoms with Crippen molar-refractivity contribution in [2.75, 3.05) is 6.54 Å². The highest BCUT2D eigenvalue weighted by atomic mass is 14.9. The van der Waals surface area contributed by atoms with Crippen molar-refractivity contribution < 1.29 is 0 Å². The molecule has 2 aliphatic carbocycles. The molecular formula is C18H27N. The van der Waals surface area contributed by atoms with Gasteiger partial charge in [-0.3, -0.25) is 0 Å². The lowest BCUT2D eigenvalue weighted by Gasteiger charge is -2.37. The molecule has 0 heterocycles. The van der Waals surface area contributed by atoms with E-state index in [2.05, 4.69) is 36.5 Å². The molecule has 1 fully saturated rings. The van der Waals surface area contributed by atoms with Crippen LogP contribution in [-0.4, -0.2) is 12.6 Å². The van der Waals surface area contributed by atoms with Crippen molar-refractivity contribution in [3.05, 3.63) is 35.4 Å². The predicted octanol–water partition coefficient (Wildman–Crippen LogP) is 4.27. The van der Waals surface area contributed by atoms with Crippen molar-refractivity contribution in [2.45, 2.75) is 63.8 Å². The highest BCUT2D eigenvalue weighted by molar-refractivity contribution is 5.39. The Bertz CT molecular complexity index is 406. The average Bonchev–Trinajstić information content (AvgIpc) is 2.44. The molecule has 0 bridgehead atoms. The van der Waals surface area contributed by atoms with Gasteiger partial charge < -0.3 is 5.32 Å². The molecule has 1 nitrogen and oxygen atoms in total. The lowest BCUT2D eigenvalue weighted by molar-refractivity contribution is 0.246. The van der Waals surface area contributed by atoms with E-state index < -0.39 is 0 Å². The van der Waals surface area contributed by atoms with Crippen molar-refractivity contribution in [1.82, 2.24) is 5.32 Å². The summed E-state index contributed by atoms with van der Waals surface area (Å²) in [5.41, 5.74) is 3.22. The van der Waals surface area contributed by atoms with Gasteiger partial charge in [0.1, 0.15) is 0 Å². The SMILES string of the molecule is CCNC(CC1Cc2ccccc21)C1CCCCC1. The summed E-state index contributed by atoms with van der Waals surface area (Å²) in [6.07, 6.45) is 9.93. The molecule has 0 aromatic heterocycles. The second-order valence-corrected chi connectivity index (χ2v) is 6.40. The van der Waals surface area contributed by atoms with Crippen LogP contribution < -0.4 is 5.32 Å². The molecule has 1 N–H and O–H groups in total. The normalized spacial score (nSPS) is 24.6. The largest absolute Gasteiger partial charge is 0.314 e. The van der Waals surface area contributed by atoms with Crippen molar-refractivity contribution in [2.24, 2.45) is 5.92 Å². The number of rotatable bonds is 5. The van der Waals surface area contributed by atoms with Crippen LogP contribution in [0.25, 0.3) is 0 Å². The Morgan fingerprint density at radius 3 is 2.68 bits per heavy atom. The minimum Gasteiger partial charge on any atom is -0.314 e. The van der Waals surface area contributed by atoms with Crippen LogP contribution in [0.15, 0.2) is 24.3 Å². The van der Waals surface area contributed by atoms with Gasteiger partial charge in [0, 0.05) is 6.04 Å². The Morgan fingerprint density at radius 1 is 1.16 bits per heavy atom. The molecule has 1 saturated carbocycles. The highest BCUT2D eigenvalue weighted by Crippen LogP contribution is 2.40. The molecule has 0 aliphatic heterocycles. The smallest absolute Gasteiger partial charge is 0.0101 e. The number of benzene rings is 1. The van der Waals surface area contributed by atoms with E-state index >= 15 is 0 Å². The fraction of sp³-hybridized carbons (Fsp3) is 0.667. The molecule has 2 aliphatic rings. The summed E-state index contributed by atoms with van der Waals surface area (Å²) < 4.78 is 0. The molecule has 0 spiro atoms. The van der Waals surface area contributed by atoms with Gasteiger partial charge in [-0.25, -0.2) is 0 Å². The summed E-state index contributed by atoms with van der Waals surface area (Å²) in [7, 11) is 0. The number of hydrogen-bond donors (Lipinski definition) is 1. The standard InChI is InChI=1S/C18H27N/c1-2-19-18(14-8-4-3-5-9-14)13-16-12-15-10-6-7-11-17(15)16/h6-7,10-11,14,16,18-19H,2-5,8-9,12-13H2,1H3. The third-order valence-corrected chi connectivity index (χ3v) is 5.18. The Labute approximate surface area is 117 Å². The zero-order valence-corrected chi connectivity index (χ0v) is 12.2. The first-order valence-corrected chi connectivity index (χ1v) is 8.19. The average molecular weight is 257 g/mol. The van der Waals surface area contributed by atoms with Crippen LogP contribution >= 0.6 is 0 Å². The van der Waals surface area contributed by atoms with E-state index in [-0.39, 0.29) is 0 Å². The van der Waals surface area contributed by atoms with Crippen LogP contribution in [0.1, 0.15) is 62.5 Å². The lowest BCUT2D eigenvalue weighted by Crippen LogP contribution is -2.39. The van der Waals surface area contributed by atoms with E-state index in [0.717, 1.165) is 24.4 Å². The van der Waals surface area contributed by atoms with E-state index in [4.69, 9.17) is 0 Å². The van der Waals surface area contributed by atoms with Crippen LogP contribution in [0.5, 0.6) is 0 Å². The molecule has 104 valence electrons. The second-order valence-electron chi connectivity index (χ2n) is 6.40. The van der Waals surface area contributed by atoms with Gasteiger partial charge in [0.15, 0.2) is 0 Å². The summed E-state index contributed by atoms with van der Waals surface area (Å²) in [5, 5.41) is 3.78. The first-order chi connectivity index (χ1) is 9.38. The number of fused-ring (bicyclic) bond motifs is 1.